The van der Waals surface area contributed by atoms with Gasteiger partial charge in [-0.2, -0.15) is 0 Å². The van der Waals surface area contributed by atoms with Crippen molar-refractivity contribution >= 4 is 17.6 Å². The molecule has 0 spiro atoms. The van der Waals surface area contributed by atoms with Crippen molar-refractivity contribution in [3.63, 3.8) is 0 Å². The number of amides is 1. The molecule has 0 radical (unpaired) electrons. The predicted molar refractivity (Wildman–Crippen MR) is 59.3 cm³/mol. The maximum Gasteiger partial charge on any atom is 0.330 e. The molecule has 1 N–H and O–H groups in total. The lowest BCUT2D eigenvalue weighted by Gasteiger charge is -2.30. The van der Waals surface area contributed by atoms with E-state index in [0.29, 0.717) is 12.1 Å². The highest BCUT2D eigenvalue weighted by atomic mass is 16.4. The lowest BCUT2D eigenvalue weighted by molar-refractivity contribution is -0.144. The van der Waals surface area contributed by atoms with E-state index in [1.54, 1.807) is 13.0 Å². The number of nitrogens with zero attached hydrogens (tertiary/aromatic N) is 1. The fourth-order valence-corrected chi connectivity index (χ4v) is 2.28. The smallest absolute Gasteiger partial charge is 0.330 e. The standard InChI is InChI=1S/C12H13NO3/c1-8(14)13-10-6-4-3-5-9(10)7-12(13,2)11(15)16/h3-6H,7H2,1-2H3,(H,15,16)/t12-/m0/s1. The van der Waals surface area contributed by atoms with Crippen LogP contribution in [-0.2, 0) is 16.0 Å². The van der Waals surface area contributed by atoms with Crippen LogP contribution in [0, 0.1) is 0 Å². The van der Waals surface area contributed by atoms with Crippen molar-refractivity contribution in [1.29, 1.82) is 0 Å². The zero-order chi connectivity index (χ0) is 11.9. The molecule has 1 heterocycles. The molecule has 1 aromatic carbocycles. The highest BCUT2D eigenvalue weighted by Crippen LogP contribution is 2.38. The van der Waals surface area contributed by atoms with Crippen molar-refractivity contribution in [2.24, 2.45) is 0 Å². The lowest BCUT2D eigenvalue weighted by atomic mass is 9.97. The third-order valence-electron chi connectivity index (χ3n) is 3.04. The lowest BCUT2D eigenvalue weighted by Crippen LogP contribution is -2.52. The second-order valence-corrected chi connectivity index (χ2v) is 4.24. The zero-order valence-electron chi connectivity index (χ0n) is 9.23. The summed E-state index contributed by atoms with van der Waals surface area (Å²) in [5.74, 6) is -1.21. The summed E-state index contributed by atoms with van der Waals surface area (Å²) in [6.45, 7) is 2.97. The van der Waals surface area contributed by atoms with Crippen LogP contribution in [0.1, 0.15) is 19.4 Å². The van der Waals surface area contributed by atoms with Crippen molar-refractivity contribution in [3.8, 4) is 0 Å². The number of carboxylic acid groups (broad SMARTS) is 1. The zero-order valence-corrected chi connectivity index (χ0v) is 9.23. The van der Waals surface area contributed by atoms with E-state index < -0.39 is 11.5 Å². The van der Waals surface area contributed by atoms with Gasteiger partial charge in [0.05, 0.1) is 0 Å². The fourth-order valence-electron chi connectivity index (χ4n) is 2.28. The molecule has 84 valence electrons. The molecule has 1 aliphatic heterocycles. The van der Waals surface area contributed by atoms with Gasteiger partial charge in [-0.25, -0.2) is 4.79 Å². The molecule has 0 saturated heterocycles. The summed E-state index contributed by atoms with van der Waals surface area (Å²) >= 11 is 0. The normalized spacial score (nSPS) is 23.0. The number of hydrogen-bond donors (Lipinski definition) is 1. The van der Waals surface area contributed by atoms with Crippen molar-refractivity contribution in [3.05, 3.63) is 29.8 Å². The second kappa shape index (κ2) is 3.33. The molecule has 1 aromatic rings. The minimum absolute atomic E-state index is 0.241. The number of hydrogen-bond acceptors (Lipinski definition) is 2. The predicted octanol–water partition coefficient (Wildman–Crippen LogP) is 1.44. The third kappa shape index (κ3) is 1.30. The molecule has 0 saturated carbocycles. The van der Waals surface area contributed by atoms with E-state index in [-0.39, 0.29) is 5.91 Å². The Morgan fingerprint density at radius 1 is 1.38 bits per heavy atom. The van der Waals surface area contributed by atoms with Crippen LogP contribution in [0.2, 0.25) is 0 Å². The molecule has 0 aromatic heterocycles. The van der Waals surface area contributed by atoms with Gasteiger partial charge in [-0.1, -0.05) is 18.2 Å². The average Bonchev–Trinajstić information content (AvgIpc) is 2.51. The first-order chi connectivity index (χ1) is 7.47. The van der Waals surface area contributed by atoms with Crippen LogP contribution in [0.3, 0.4) is 0 Å². The van der Waals surface area contributed by atoms with Crippen LogP contribution in [-0.4, -0.2) is 22.5 Å². The SMILES string of the molecule is CC(=O)N1c2ccccc2C[C@@]1(C)C(=O)O. The van der Waals surface area contributed by atoms with Gasteiger partial charge in [-0.05, 0) is 18.6 Å². The van der Waals surface area contributed by atoms with Crippen molar-refractivity contribution in [2.75, 3.05) is 4.90 Å². The van der Waals surface area contributed by atoms with E-state index in [1.165, 1.54) is 11.8 Å². The van der Waals surface area contributed by atoms with Gasteiger partial charge in [-0.15, -0.1) is 0 Å². The van der Waals surface area contributed by atoms with Gasteiger partial charge in [0, 0.05) is 19.0 Å². The van der Waals surface area contributed by atoms with Gasteiger partial charge < -0.3 is 5.11 Å². The van der Waals surface area contributed by atoms with Crippen LogP contribution in [0.15, 0.2) is 24.3 Å². The number of rotatable bonds is 1. The van der Waals surface area contributed by atoms with E-state index in [0.717, 1.165) is 5.56 Å². The van der Waals surface area contributed by atoms with Gasteiger partial charge >= 0.3 is 5.97 Å². The van der Waals surface area contributed by atoms with E-state index in [9.17, 15) is 14.7 Å². The number of benzene rings is 1. The maximum absolute atomic E-state index is 11.6. The highest BCUT2D eigenvalue weighted by Gasteiger charge is 2.47. The molecule has 4 heteroatoms. The molecule has 4 nitrogen and oxygen atoms in total. The van der Waals surface area contributed by atoms with E-state index in [4.69, 9.17) is 0 Å². The number of fused-ring (bicyclic) bond motifs is 1. The van der Waals surface area contributed by atoms with Crippen molar-refractivity contribution in [2.45, 2.75) is 25.8 Å². The Labute approximate surface area is 93.5 Å². The van der Waals surface area contributed by atoms with Gasteiger partial charge in [0.25, 0.3) is 0 Å². The Hall–Kier alpha value is -1.84. The molecule has 1 aliphatic rings. The molecule has 1 amide bonds. The first-order valence-corrected chi connectivity index (χ1v) is 5.09. The Morgan fingerprint density at radius 3 is 2.56 bits per heavy atom. The monoisotopic (exact) mass is 219 g/mol. The quantitative estimate of drug-likeness (QED) is 0.777. The van der Waals surface area contributed by atoms with Crippen LogP contribution in [0.5, 0.6) is 0 Å². The summed E-state index contributed by atoms with van der Waals surface area (Å²) in [5.41, 5.74) is 0.456. The van der Waals surface area contributed by atoms with E-state index >= 15 is 0 Å². The van der Waals surface area contributed by atoms with Crippen LogP contribution in [0.4, 0.5) is 5.69 Å². The number of carbonyl (C=O) groups is 2. The number of para-hydroxylation sites is 1. The number of carboxylic acids is 1. The van der Waals surface area contributed by atoms with Crippen molar-refractivity contribution in [1.82, 2.24) is 0 Å². The van der Waals surface area contributed by atoms with Gasteiger partial charge in [0.15, 0.2) is 0 Å². The minimum Gasteiger partial charge on any atom is -0.479 e. The Morgan fingerprint density at radius 2 is 2.00 bits per heavy atom. The number of anilines is 1. The minimum atomic E-state index is -1.16. The molecule has 1 atom stereocenters. The Bertz CT molecular complexity index is 469. The molecule has 2 rings (SSSR count). The summed E-state index contributed by atoms with van der Waals surface area (Å²) in [6.07, 6.45) is 0.359. The molecule has 0 aliphatic carbocycles. The van der Waals surface area contributed by atoms with Crippen LogP contribution in [0.25, 0.3) is 0 Å². The first-order valence-electron chi connectivity index (χ1n) is 5.09. The summed E-state index contributed by atoms with van der Waals surface area (Å²) < 4.78 is 0. The number of carbonyl (C=O) groups excluding carboxylic acids is 1. The van der Waals surface area contributed by atoms with Crippen LogP contribution < -0.4 is 4.90 Å². The molecular weight excluding hydrogens is 206 g/mol. The van der Waals surface area contributed by atoms with Gasteiger partial charge in [0.2, 0.25) is 5.91 Å². The molecular formula is C12H13NO3. The molecule has 0 bridgehead atoms. The topological polar surface area (TPSA) is 57.6 Å². The summed E-state index contributed by atoms with van der Waals surface area (Å²) in [5, 5.41) is 9.27. The van der Waals surface area contributed by atoms with Crippen molar-refractivity contribution < 1.29 is 14.7 Å². The van der Waals surface area contributed by atoms with Gasteiger partial charge in [0.1, 0.15) is 5.54 Å². The first kappa shape index (κ1) is 10.7. The summed E-state index contributed by atoms with van der Waals surface area (Å²) in [7, 11) is 0. The average molecular weight is 219 g/mol. The third-order valence-corrected chi connectivity index (χ3v) is 3.04. The Kier molecular flexibility index (Phi) is 2.22. The molecule has 0 unspecified atom stereocenters. The second-order valence-electron chi connectivity index (χ2n) is 4.24. The number of aliphatic carboxylic acids is 1. The highest BCUT2D eigenvalue weighted by molar-refractivity contribution is 6.03. The largest absolute Gasteiger partial charge is 0.479 e. The van der Waals surface area contributed by atoms with Crippen LogP contribution >= 0.6 is 0 Å². The van der Waals surface area contributed by atoms with Gasteiger partial charge in [-0.3, -0.25) is 9.69 Å². The summed E-state index contributed by atoms with van der Waals surface area (Å²) in [6, 6.07) is 7.30. The molecule has 0 fully saturated rings. The summed E-state index contributed by atoms with van der Waals surface area (Å²) in [4.78, 5) is 24.3. The fraction of sp³-hybridized carbons (Fsp3) is 0.333. The maximum atomic E-state index is 11.6. The van der Waals surface area contributed by atoms with E-state index in [2.05, 4.69) is 0 Å². The van der Waals surface area contributed by atoms with E-state index in [1.807, 2.05) is 18.2 Å². The molecule has 16 heavy (non-hydrogen) atoms. The Balaban J connectivity index is 2.58.